The smallest absolute Gasteiger partial charge is 0.397 e. The molecule has 0 saturated carbocycles. The number of ether oxygens (including phenoxy) is 4. The maximum Gasteiger partial charge on any atom is 0.397 e. The van der Waals surface area contributed by atoms with Crippen LogP contribution in [-0.2, 0) is 38.3 Å². The topological polar surface area (TPSA) is 178 Å². The molecule has 328 valence electrons. The number of esters is 1. The number of carbonyl (C=O) groups excluding carboxylic acids is 1. The van der Waals surface area contributed by atoms with Crippen molar-refractivity contribution in [3.8, 4) is 0 Å². The number of unbranched alkanes of at least 4 members (excludes halogenated alkanes) is 2. The zero-order chi connectivity index (χ0) is 42.5. The van der Waals surface area contributed by atoms with Gasteiger partial charge in [0.1, 0.15) is 30.5 Å². The summed E-state index contributed by atoms with van der Waals surface area (Å²) in [6.45, 7) is 3.49. The minimum absolute atomic E-state index is 0.0332. The van der Waals surface area contributed by atoms with Crippen molar-refractivity contribution in [1.82, 2.24) is 0 Å². The van der Waals surface area contributed by atoms with Crippen LogP contribution in [0.5, 0.6) is 0 Å². The number of hydrogen-bond donors (Lipinski definition) is 4. The molecule has 6 unspecified atom stereocenters. The lowest BCUT2D eigenvalue weighted by atomic mass is 9.99. The van der Waals surface area contributed by atoms with E-state index >= 15 is 0 Å². The Morgan fingerprint density at radius 2 is 1.10 bits per heavy atom. The van der Waals surface area contributed by atoms with Crippen LogP contribution in [0.15, 0.2) is 109 Å². The third kappa shape index (κ3) is 29.0. The molecule has 1 heterocycles. The maximum atomic E-state index is 12.8. The van der Waals surface area contributed by atoms with Crippen LogP contribution < -0.4 is 0 Å². The van der Waals surface area contributed by atoms with E-state index < -0.39 is 59.8 Å². The highest BCUT2D eigenvalue weighted by atomic mass is 32.3. The van der Waals surface area contributed by atoms with Crippen molar-refractivity contribution in [1.29, 1.82) is 0 Å². The van der Waals surface area contributed by atoms with Gasteiger partial charge in [0.15, 0.2) is 6.29 Å². The summed E-state index contributed by atoms with van der Waals surface area (Å²) in [5.41, 5.74) is 0. The highest BCUT2D eigenvalue weighted by Crippen LogP contribution is 2.26. The zero-order valence-electron chi connectivity index (χ0n) is 34.5. The molecule has 0 aromatic heterocycles. The number of rotatable bonds is 33. The van der Waals surface area contributed by atoms with Crippen LogP contribution in [0, 0.1) is 0 Å². The molecule has 0 radical (unpaired) electrons. The summed E-state index contributed by atoms with van der Waals surface area (Å²) in [6, 6.07) is 0. The molecule has 1 fully saturated rings. The summed E-state index contributed by atoms with van der Waals surface area (Å²) >= 11 is 0. The first-order chi connectivity index (χ1) is 28.1. The van der Waals surface area contributed by atoms with Crippen molar-refractivity contribution in [3.05, 3.63) is 109 Å². The van der Waals surface area contributed by atoms with Crippen molar-refractivity contribution in [3.63, 3.8) is 0 Å². The maximum absolute atomic E-state index is 12.8. The standard InChI is InChI=1S/C45H70O12S/c1-3-5-7-9-11-13-15-17-19-20-21-22-24-26-28-30-32-34-41(47)55-39(37-53-35-33-31-29-27-25-23-18-16-14-12-10-8-6-4-2)38-54-45-43(49)44(57-58(50,51)52)42(48)40(36-46)56-45/h5-8,11-14,17-19,21-23,26-29,39-40,42-46,48-49H,3-4,9-10,15-16,20,24-25,30-38H2,1-2H3,(H,50,51,52)/b7-5-,8-6-,13-11-,14-12-,19-17-,22-21-,23-18-,28-26-,29-27-. The number of allylic oxidation sites excluding steroid dienone is 18. The van der Waals surface area contributed by atoms with Gasteiger partial charge in [-0.3, -0.25) is 9.35 Å². The fourth-order valence-electron chi connectivity index (χ4n) is 5.36. The lowest BCUT2D eigenvalue weighted by molar-refractivity contribution is -0.301. The molecule has 58 heavy (non-hydrogen) atoms. The highest BCUT2D eigenvalue weighted by molar-refractivity contribution is 7.80. The Kier molecular flexibility index (Phi) is 32.5. The van der Waals surface area contributed by atoms with Gasteiger partial charge in [-0.2, -0.15) is 8.42 Å². The summed E-state index contributed by atoms with van der Waals surface area (Å²) in [4.78, 5) is 12.8. The van der Waals surface area contributed by atoms with Crippen LogP contribution >= 0.6 is 0 Å². The fourth-order valence-corrected chi connectivity index (χ4v) is 5.86. The van der Waals surface area contributed by atoms with Crippen molar-refractivity contribution < 1.29 is 56.2 Å². The zero-order valence-corrected chi connectivity index (χ0v) is 35.4. The van der Waals surface area contributed by atoms with E-state index in [0.29, 0.717) is 19.4 Å². The van der Waals surface area contributed by atoms with E-state index in [1.807, 2.05) is 12.2 Å². The minimum atomic E-state index is -5.08. The summed E-state index contributed by atoms with van der Waals surface area (Å²) in [7, 11) is -5.08. The van der Waals surface area contributed by atoms with Gasteiger partial charge in [-0.1, -0.05) is 123 Å². The first-order valence-corrected chi connectivity index (χ1v) is 22.0. The van der Waals surface area contributed by atoms with Crippen LogP contribution in [0.3, 0.4) is 0 Å². The molecule has 1 aliphatic heterocycles. The molecule has 13 heteroatoms. The molecular weight excluding hydrogens is 765 g/mol. The summed E-state index contributed by atoms with van der Waals surface area (Å²) < 4.78 is 58.7. The predicted molar refractivity (Wildman–Crippen MR) is 229 cm³/mol. The molecule has 0 spiro atoms. The summed E-state index contributed by atoms with van der Waals surface area (Å²) in [6.07, 6.45) is 40.0. The first-order valence-electron chi connectivity index (χ1n) is 20.6. The fraction of sp³-hybridized carbons (Fsp3) is 0.578. The Morgan fingerprint density at radius 3 is 1.55 bits per heavy atom. The second-order valence-corrected chi connectivity index (χ2v) is 14.5. The molecule has 12 nitrogen and oxygen atoms in total. The van der Waals surface area contributed by atoms with Gasteiger partial charge in [0.25, 0.3) is 0 Å². The average Bonchev–Trinajstić information content (AvgIpc) is 3.19. The number of aliphatic hydroxyl groups is 3. The van der Waals surface area contributed by atoms with E-state index in [2.05, 4.69) is 115 Å². The van der Waals surface area contributed by atoms with Gasteiger partial charge < -0.3 is 34.3 Å². The predicted octanol–water partition coefficient (Wildman–Crippen LogP) is 8.07. The number of carbonyl (C=O) groups is 1. The Balaban J connectivity index is 2.58. The van der Waals surface area contributed by atoms with Gasteiger partial charge in [0.2, 0.25) is 0 Å². The number of aliphatic hydroxyl groups excluding tert-OH is 3. The van der Waals surface area contributed by atoms with Crippen LogP contribution in [0.1, 0.15) is 104 Å². The summed E-state index contributed by atoms with van der Waals surface area (Å²) in [5.74, 6) is -0.481. The molecule has 1 aliphatic rings. The molecule has 1 saturated heterocycles. The molecule has 0 aliphatic carbocycles. The van der Waals surface area contributed by atoms with Crippen molar-refractivity contribution in [2.45, 2.75) is 141 Å². The molecule has 6 atom stereocenters. The van der Waals surface area contributed by atoms with Gasteiger partial charge in [-0.25, -0.2) is 4.18 Å². The van der Waals surface area contributed by atoms with E-state index in [9.17, 15) is 28.5 Å². The third-order valence-corrected chi connectivity index (χ3v) is 8.86. The quantitative estimate of drug-likeness (QED) is 0.0217. The normalized spacial score (nSPS) is 21.7. The van der Waals surface area contributed by atoms with Gasteiger partial charge in [-0.15, -0.1) is 0 Å². The summed E-state index contributed by atoms with van der Waals surface area (Å²) in [5, 5.41) is 30.6. The number of hydrogen-bond acceptors (Lipinski definition) is 11. The van der Waals surface area contributed by atoms with Crippen molar-refractivity contribution >= 4 is 16.4 Å². The third-order valence-electron chi connectivity index (χ3n) is 8.39. The Bertz CT molecular complexity index is 1430. The van der Waals surface area contributed by atoms with E-state index in [-0.39, 0.29) is 19.6 Å². The second kappa shape index (κ2) is 35.7. The Labute approximate surface area is 348 Å². The van der Waals surface area contributed by atoms with E-state index in [4.69, 9.17) is 23.5 Å². The first kappa shape index (κ1) is 52.8. The van der Waals surface area contributed by atoms with Gasteiger partial charge >= 0.3 is 16.4 Å². The van der Waals surface area contributed by atoms with Crippen LogP contribution in [0.2, 0.25) is 0 Å². The van der Waals surface area contributed by atoms with Gasteiger partial charge in [0.05, 0.1) is 19.8 Å². The monoisotopic (exact) mass is 834 g/mol. The van der Waals surface area contributed by atoms with E-state index in [0.717, 1.165) is 70.6 Å². The highest BCUT2D eigenvalue weighted by Gasteiger charge is 2.48. The lowest BCUT2D eigenvalue weighted by Crippen LogP contribution is -2.60. The average molecular weight is 835 g/mol. The molecule has 1 rings (SSSR count). The lowest BCUT2D eigenvalue weighted by Gasteiger charge is -2.41. The largest absolute Gasteiger partial charge is 0.457 e. The van der Waals surface area contributed by atoms with E-state index in [1.54, 1.807) is 0 Å². The molecular formula is C45H70O12S. The molecule has 0 amide bonds. The molecule has 4 N–H and O–H groups in total. The van der Waals surface area contributed by atoms with Gasteiger partial charge in [-0.05, 0) is 83.5 Å². The molecule has 0 aromatic carbocycles. The SMILES string of the molecule is CC/C=C\C/C=C\C/C=C\C/C=C\C/C=C\CCCC(=O)OC(COCCC/C=C\C/C=C\C/C=C\C/C=C\CC)COC1OC(CO)C(O)C(OS(=O)(=O)O)C1O. The van der Waals surface area contributed by atoms with Crippen molar-refractivity contribution in [2.75, 3.05) is 26.4 Å². The van der Waals surface area contributed by atoms with Crippen molar-refractivity contribution in [2.24, 2.45) is 0 Å². The Hall–Kier alpha value is -3.24. The van der Waals surface area contributed by atoms with Crippen LogP contribution in [0.4, 0.5) is 0 Å². The molecule has 0 bridgehead atoms. The van der Waals surface area contributed by atoms with Crippen LogP contribution in [0.25, 0.3) is 0 Å². The van der Waals surface area contributed by atoms with E-state index in [1.165, 1.54) is 0 Å². The van der Waals surface area contributed by atoms with Crippen LogP contribution in [-0.4, -0.2) is 97.5 Å². The second-order valence-electron chi connectivity index (χ2n) is 13.5. The Morgan fingerprint density at radius 1 is 0.655 bits per heavy atom. The van der Waals surface area contributed by atoms with Gasteiger partial charge in [0, 0.05) is 13.0 Å². The molecule has 0 aromatic rings. The minimum Gasteiger partial charge on any atom is -0.457 e.